The zero-order valence-electron chi connectivity index (χ0n) is 5.88. The molecule has 1 rings (SSSR count). The summed E-state index contributed by atoms with van der Waals surface area (Å²) in [5, 5.41) is 3.17. The fourth-order valence-electron chi connectivity index (χ4n) is 0.612. The Morgan fingerprint density at radius 1 is 1.50 bits per heavy atom. The Balaban J connectivity index is 0.00000121. The lowest BCUT2D eigenvalue weighted by Gasteiger charge is -2.03. The molecular formula is C5H7ClF3N3. The van der Waals surface area contributed by atoms with Gasteiger partial charge >= 0.3 is 6.30 Å². The molecule has 0 bridgehead atoms. The molecule has 0 radical (unpaired) electrons. The topological polar surface area (TPSA) is 43.8 Å². The highest BCUT2D eigenvalue weighted by Crippen LogP contribution is 2.20. The van der Waals surface area contributed by atoms with Gasteiger partial charge in [0.1, 0.15) is 0 Å². The van der Waals surface area contributed by atoms with E-state index in [2.05, 4.69) is 5.10 Å². The van der Waals surface area contributed by atoms with Gasteiger partial charge in [0.15, 0.2) is 0 Å². The van der Waals surface area contributed by atoms with Crippen LogP contribution in [-0.4, -0.2) is 9.78 Å². The molecule has 0 unspecified atom stereocenters. The maximum Gasteiger partial charge on any atom is 0.504 e. The van der Waals surface area contributed by atoms with Crippen LogP contribution in [0.15, 0.2) is 12.3 Å². The summed E-state index contributed by atoms with van der Waals surface area (Å²) in [5.74, 6) is 0. The van der Waals surface area contributed by atoms with Gasteiger partial charge in [-0.2, -0.15) is 9.78 Å². The SMILES string of the molecule is Cl.NCc1ccn(C(F)(F)F)n1. The number of rotatable bonds is 1. The van der Waals surface area contributed by atoms with Crippen LogP contribution in [0.1, 0.15) is 5.69 Å². The molecule has 0 spiro atoms. The Kier molecular flexibility index (Phi) is 3.54. The first-order chi connectivity index (χ1) is 5.04. The third kappa shape index (κ3) is 2.38. The van der Waals surface area contributed by atoms with Gasteiger partial charge in [0, 0.05) is 12.7 Å². The molecule has 1 aromatic rings. The highest BCUT2D eigenvalue weighted by molar-refractivity contribution is 5.85. The van der Waals surface area contributed by atoms with E-state index in [0.29, 0.717) is 0 Å². The van der Waals surface area contributed by atoms with Crippen molar-refractivity contribution in [2.45, 2.75) is 12.8 Å². The van der Waals surface area contributed by atoms with Crippen molar-refractivity contribution in [3.05, 3.63) is 18.0 Å². The molecule has 1 heterocycles. The standard InChI is InChI=1S/C5H6F3N3.ClH/c6-5(7,8)11-2-1-4(3-9)10-11;/h1-2H,3,9H2;1H. The van der Waals surface area contributed by atoms with E-state index in [9.17, 15) is 13.2 Å². The fourth-order valence-corrected chi connectivity index (χ4v) is 0.612. The molecule has 0 aliphatic rings. The Hall–Kier alpha value is -0.750. The molecule has 0 aromatic carbocycles. The van der Waals surface area contributed by atoms with E-state index in [1.54, 1.807) is 0 Å². The van der Waals surface area contributed by atoms with Crippen LogP contribution in [0.5, 0.6) is 0 Å². The van der Waals surface area contributed by atoms with Crippen molar-refractivity contribution in [1.29, 1.82) is 0 Å². The fraction of sp³-hybridized carbons (Fsp3) is 0.400. The maximum atomic E-state index is 11.8. The molecule has 0 amide bonds. The van der Waals surface area contributed by atoms with E-state index >= 15 is 0 Å². The Labute approximate surface area is 72.8 Å². The van der Waals surface area contributed by atoms with Crippen LogP contribution >= 0.6 is 12.4 Å². The number of aromatic nitrogens is 2. The van der Waals surface area contributed by atoms with Crippen LogP contribution in [0.3, 0.4) is 0 Å². The molecule has 0 atom stereocenters. The molecule has 7 heteroatoms. The van der Waals surface area contributed by atoms with Gasteiger partial charge in [-0.05, 0) is 6.07 Å². The van der Waals surface area contributed by atoms with Gasteiger partial charge in [-0.15, -0.1) is 25.6 Å². The zero-order chi connectivity index (χ0) is 8.48. The lowest BCUT2D eigenvalue weighted by atomic mass is 10.4. The summed E-state index contributed by atoms with van der Waals surface area (Å²) in [5.41, 5.74) is 5.29. The lowest BCUT2D eigenvalue weighted by Crippen LogP contribution is -2.17. The van der Waals surface area contributed by atoms with Crippen LogP contribution in [0.4, 0.5) is 13.2 Å². The van der Waals surface area contributed by atoms with Crippen molar-refractivity contribution in [2.24, 2.45) is 5.73 Å². The van der Waals surface area contributed by atoms with Gasteiger partial charge in [0.2, 0.25) is 0 Å². The van der Waals surface area contributed by atoms with Crippen LogP contribution < -0.4 is 5.73 Å². The van der Waals surface area contributed by atoms with Gasteiger partial charge in [0.25, 0.3) is 0 Å². The molecule has 0 saturated heterocycles. The number of hydrogen-bond acceptors (Lipinski definition) is 2. The van der Waals surface area contributed by atoms with E-state index in [1.807, 2.05) is 0 Å². The Morgan fingerprint density at radius 3 is 2.33 bits per heavy atom. The number of halogens is 4. The predicted molar refractivity (Wildman–Crippen MR) is 38.7 cm³/mol. The van der Waals surface area contributed by atoms with E-state index in [0.717, 1.165) is 6.20 Å². The molecule has 0 fully saturated rings. The number of hydrogen-bond donors (Lipinski definition) is 1. The van der Waals surface area contributed by atoms with E-state index in [4.69, 9.17) is 5.73 Å². The molecule has 12 heavy (non-hydrogen) atoms. The minimum atomic E-state index is -4.44. The Morgan fingerprint density at radius 2 is 2.08 bits per heavy atom. The van der Waals surface area contributed by atoms with Crippen molar-refractivity contribution in [1.82, 2.24) is 9.78 Å². The van der Waals surface area contributed by atoms with Crippen LogP contribution in [0.25, 0.3) is 0 Å². The van der Waals surface area contributed by atoms with Gasteiger partial charge in [0.05, 0.1) is 5.69 Å². The summed E-state index contributed by atoms with van der Waals surface area (Å²) < 4.78 is 35.3. The predicted octanol–water partition coefficient (Wildman–Crippen LogP) is 1.24. The van der Waals surface area contributed by atoms with E-state index in [1.165, 1.54) is 6.07 Å². The second-order valence-corrected chi connectivity index (χ2v) is 1.92. The van der Waals surface area contributed by atoms with Gasteiger partial charge in [-0.1, -0.05) is 0 Å². The average Bonchev–Trinajstić information content (AvgIpc) is 2.32. The summed E-state index contributed by atoms with van der Waals surface area (Å²) in [4.78, 5) is 0. The lowest BCUT2D eigenvalue weighted by molar-refractivity contribution is -0.212. The number of alkyl halides is 3. The zero-order valence-corrected chi connectivity index (χ0v) is 6.69. The van der Waals surface area contributed by atoms with Gasteiger partial charge in [-0.3, -0.25) is 0 Å². The third-order valence-electron chi connectivity index (χ3n) is 1.11. The first kappa shape index (κ1) is 11.2. The number of nitrogens with two attached hydrogens (primary N) is 1. The number of nitrogens with zero attached hydrogens (tertiary/aromatic N) is 2. The molecular weight excluding hydrogens is 195 g/mol. The first-order valence-electron chi connectivity index (χ1n) is 2.86. The summed E-state index contributed by atoms with van der Waals surface area (Å²) in [6, 6.07) is 1.23. The molecule has 0 saturated carbocycles. The summed E-state index contributed by atoms with van der Waals surface area (Å²) in [6.45, 7) is 0.0169. The quantitative estimate of drug-likeness (QED) is 0.743. The maximum absolute atomic E-state index is 11.8. The normalized spacial score (nSPS) is 11.0. The highest BCUT2D eigenvalue weighted by Gasteiger charge is 2.31. The molecule has 70 valence electrons. The van der Waals surface area contributed by atoms with E-state index < -0.39 is 6.30 Å². The second-order valence-electron chi connectivity index (χ2n) is 1.92. The minimum Gasteiger partial charge on any atom is -0.325 e. The van der Waals surface area contributed by atoms with Crippen LogP contribution in [-0.2, 0) is 12.8 Å². The highest BCUT2D eigenvalue weighted by atomic mass is 35.5. The van der Waals surface area contributed by atoms with Crippen molar-refractivity contribution in [3.8, 4) is 0 Å². The smallest absolute Gasteiger partial charge is 0.325 e. The van der Waals surface area contributed by atoms with Crippen LogP contribution in [0.2, 0.25) is 0 Å². The molecule has 1 aromatic heterocycles. The second kappa shape index (κ2) is 3.77. The summed E-state index contributed by atoms with van der Waals surface area (Å²) in [7, 11) is 0. The van der Waals surface area contributed by atoms with Crippen molar-refractivity contribution in [2.75, 3.05) is 0 Å². The molecule has 0 aliphatic heterocycles. The van der Waals surface area contributed by atoms with Crippen molar-refractivity contribution in [3.63, 3.8) is 0 Å². The monoisotopic (exact) mass is 201 g/mol. The largest absolute Gasteiger partial charge is 0.504 e. The van der Waals surface area contributed by atoms with Crippen molar-refractivity contribution >= 4 is 12.4 Å². The molecule has 3 nitrogen and oxygen atoms in total. The Bertz CT molecular complexity index is 244. The van der Waals surface area contributed by atoms with Gasteiger partial charge < -0.3 is 5.73 Å². The molecule has 0 aliphatic carbocycles. The first-order valence-corrected chi connectivity index (χ1v) is 2.86. The third-order valence-corrected chi connectivity index (χ3v) is 1.11. The summed E-state index contributed by atoms with van der Waals surface area (Å²) in [6.07, 6.45) is -3.60. The average molecular weight is 202 g/mol. The van der Waals surface area contributed by atoms with Crippen molar-refractivity contribution < 1.29 is 13.2 Å². The minimum absolute atomic E-state index is 0. The summed E-state index contributed by atoms with van der Waals surface area (Å²) >= 11 is 0. The van der Waals surface area contributed by atoms with Crippen LogP contribution in [0, 0.1) is 0 Å². The van der Waals surface area contributed by atoms with Gasteiger partial charge in [-0.25, -0.2) is 0 Å². The molecule has 2 N–H and O–H groups in total. The van der Waals surface area contributed by atoms with E-state index in [-0.39, 0.29) is 29.3 Å².